The van der Waals surface area contributed by atoms with Crippen LogP contribution < -0.4 is 10.5 Å². The molecule has 0 radical (unpaired) electrons. The molecule has 2 aliphatic heterocycles. The number of nitrogen functional groups attached to an aromatic ring is 1. The number of nitrogens with zero attached hydrogens (tertiary/aromatic N) is 7. The Morgan fingerprint density at radius 2 is 1.78 bits per heavy atom. The number of sulfone groups is 1. The average molecular weight is 636 g/mol. The molecule has 0 aliphatic carbocycles. The Morgan fingerprint density at radius 1 is 1.07 bits per heavy atom. The number of halogens is 2. The molecule has 0 spiro atoms. The van der Waals surface area contributed by atoms with Crippen LogP contribution in [0.25, 0.3) is 28.0 Å². The molecule has 7 rings (SSSR count). The predicted octanol–water partition coefficient (Wildman–Crippen LogP) is 3.71. The maximum atomic E-state index is 13.2. The molecule has 4 aromatic heterocycles. The number of fused-ring (bicyclic) bond motifs is 3. The number of carbonyl (C=O) groups is 1. The van der Waals surface area contributed by atoms with Crippen LogP contribution in [0.5, 0.6) is 5.75 Å². The van der Waals surface area contributed by atoms with Gasteiger partial charge < -0.3 is 20.4 Å². The number of anilines is 1. The summed E-state index contributed by atoms with van der Waals surface area (Å²) in [5, 5.41) is 12.0. The molecule has 3 N–H and O–H groups in total. The quantitative estimate of drug-likeness (QED) is 0.268. The molecule has 3 atom stereocenters. The number of rotatable bonds is 7. The minimum atomic E-state index is -3.80. The molecule has 45 heavy (non-hydrogen) atoms. The van der Waals surface area contributed by atoms with Crippen LogP contribution in [0.3, 0.4) is 0 Å². The van der Waals surface area contributed by atoms with Gasteiger partial charge >= 0.3 is 6.61 Å². The highest BCUT2D eigenvalue weighted by Gasteiger charge is 2.46. The fourth-order valence-electron chi connectivity index (χ4n) is 6.57. The molecule has 232 valence electrons. The van der Waals surface area contributed by atoms with Crippen molar-refractivity contribution in [1.82, 2.24) is 39.7 Å². The van der Waals surface area contributed by atoms with Crippen molar-refractivity contribution >= 4 is 27.2 Å². The predicted molar refractivity (Wildman–Crippen MR) is 157 cm³/mol. The summed E-state index contributed by atoms with van der Waals surface area (Å²) in [5.74, 6) is -0.307. The summed E-state index contributed by atoms with van der Waals surface area (Å²) in [6.07, 6.45) is 8.25. The third-order valence-corrected chi connectivity index (χ3v) is 9.62. The first-order valence-electron chi connectivity index (χ1n) is 14.2. The molecular formula is C29H27F2N9O4S. The van der Waals surface area contributed by atoms with Crippen molar-refractivity contribution in [2.45, 2.75) is 55.2 Å². The number of aromatic nitrogens is 7. The van der Waals surface area contributed by atoms with Crippen LogP contribution in [-0.2, 0) is 9.84 Å². The van der Waals surface area contributed by atoms with Gasteiger partial charge in [-0.1, -0.05) is 6.07 Å². The van der Waals surface area contributed by atoms with Gasteiger partial charge in [0.25, 0.3) is 5.91 Å². The second-order valence-corrected chi connectivity index (χ2v) is 13.2. The van der Waals surface area contributed by atoms with Crippen LogP contribution in [-0.4, -0.2) is 78.9 Å². The van der Waals surface area contributed by atoms with E-state index < -0.39 is 16.4 Å². The van der Waals surface area contributed by atoms with E-state index >= 15 is 0 Å². The van der Waals surface area contributed by atoms with Crippen molar-refractivity contribution in [3.63, 3.8) is 0 Å². The monoisotopic (exact) mass is 635 g/mol. The summed E-state index contributed by atoms with van der Waals surface area (Å²) in [5.41, 5.74) is 9.82. The minimum absolute atomic E-state index is 0.0352. The normalized spacial score (nSPS) is 19.8. The van der Waals surface area contributed by atoms with E-state index in [2.05, 4.69) is 30.0 Å². The fourth-order valence-corrected chi connectivity index (χ4v) is 7.63. The molecule has 13 nitrogen and oxygen atoms in total. The number of nitrogens with two attached hydrogens (primary N) is 1. The van der Waals surface area contributed by atoms with E-state index in [1.54, 1.807) is 30.6 Å². The zero-order valence-electron chi connectivity index (χ0n) is 23.8. The van der Waals surface area contributed by atoms with Gasteiger partial charge in [0.15, 0.2) is 15.5 Å². The minimum Gasteiger partial charge on any atom is -0.435 e. The van der Waals surface area contributed by atoms with E-state index in [0.717, 1.165) is 19.1 Å². The Bertz CT molecular complexity index is 1990. The molecule has 0 saturated carbocycles. The van der Waals surface area contributed by atoms with Crippen LogP contribution in [0.1, 0.15) is 47.9 Å². The lowest BCUT2D eigenvalue weighted by atomic mass is 9.87. The fraction of sp³-hybridized carbons (Fsp3) is 0.310. The third kappa shape index (κ3) is 5.13. The van der Waals surface area contributed by atoms with Crippen molar-refractivity contribution in [3.05, 3.63) is 66.6 Å². The molecule has 2 fully saturated rings. The Morgan fingerprint density at radius 3 is 2.38 bits per heavy atom. The first-order chi connectivity index (χ1) is 21.6. The maximum Gasteiger partial charge on any atom is 0.387 e. The lowest BCUT2D eigenvalue weighted by Gasteiger charge is -2.38. The van der Waals surface area contributed by atoms with Gasteiger partial charge in [0.05, 0.1) is 17.6 Å². The number of nitrogens with one attached hydrogen (secondary N) is 1. The highest BCUT2D eigenvalue weighted by molar-refractivity contribution is 7.91. The number of amides is 1. The molecule has 16 heteroatoms. The number of carbonyl (C=O) groups excluding carboxylic acids is 1. The number of H-pyrrole nitrogens is 1. The molecular weight excluding hydrogens is 608 g/mol. The van der Waals surface area contributed by atoms with Crippen molar-refractivity contribution in [2.24, 2.45) is 0 Å². The topological polar surface area (TPSA) is 174 Å². The van der Waals surface area contributed by atoms with E-state index in [-0.39, 0.29) is 46.2 Å². The van der Waals surface area contributed by atoms with Gasteiger partial charge in [-0.3, -0.25) is 9.78 Å². The van der Waals surface area contributed by atoms with Crippen LogP contribution >= 0.6 is 0 Å². The van der Waals surface area contributed by atoms with E-state index in [1.807, 2.05) is 11.0 Å². The number of benzene rings is 1. The van der Waals surface area contributed by atoms with Gasteiger partial charge in [0.1, 0.15) is 22.8 Å². The van der Waals surface area contributed by atoms with Crippen molar-refractivity contribution < 1.29 is 26.7 Å². The SMILES string of the molecule is CS(=O)(=O)c1c([C@H]2C[C@H]3CC[C@@H](C2)N3C(=O)c2nnc[nH]2)nc2c(-c3ccc(-c4ccc(OC(F)F)cc4)nc3)cnn2c1N. The summed E-state index contributed by atoms with van der Waals surface area (Å²) < 4.78 is 56.9. The second-order valence-electron chi connectivity index (χ2n) is 11.2. The van der Waals surface area contributed by atoms with Gasteiger partial charge in [-0.25, -0.2) is 13.4 Å². The Hall–Kier alpha value is -4.99. The lowest BCUT2D eigenvalue weighted by Crippen LogP contribution is -2.46. The van der Waals surface area contributed by atoms with Crippen LogP contribution in [0, 0.1) is 0 Å². The van der Waals surface area contributed by atoms with E-state index in [1.165, 1.54) is 23.0 Å². The van der Waals surface area contributed by atoms with Gasteiger partial charge in [0, 0.05) is 47.1 Å². The zero-order valence-corrected chi connectivity index (χ0v) is 24.7. The number of aromatic amines is 1. The summed E-state index contributed by atoms with van der Waals surface area (Å²) in [4.78, 5) is 27.1. The summed E-state index contributed by atoms with van der Waals surface area (Å²) >= 11 is 0. The summed E-state index contributed by atoms with van der Waals surface area (Å²) in [7, 11) is -3.80. The van der Waals surface area contributed by atoms with Crippen molar-refractivity contribution in [3.8, 4) is 28.1 Å². The van der Waals surface area contributed by atoms with Gasteiger partial charge in [-0.15, -0.1) is 10.2 Å². The van der Waals surface area contributed by atoms with Gasteiger partial charge in [0.2, 0.25) is 5.82 Å². The van der Waals surface area contributed by atoms with Gasteiger partial charge in [-0.05, 0) is 56.0 Å². The molecule has 1 aromatic carbocycles. The smallest absolute Gasteiger partial charge is 0.387 e. The number of alkyl halides is 2. The average Bonchev–Trinajstić information content (AvgIpc) is 3.75. The molecule has 5 aromatic rings. The van der Waals surface area contributed by atoms with E-state index in [0.29, 0.717) is 46.6 Å². The van der Waals surface area contributed by atoms with Crippen LogP contribution in [0.15, 0.2) is 60.0 Å². The first kappa shape index (κ1) is 28.8. The van der Waals surface area contributed by atoms with Crippen LogP contribution in [0.2, 0.25) is 0 Å². The maximum absolute atomic E-state index is 13.2. The number of piperidine rings is 1. The number of hydrogen-bond acceptors (Lipinski definition) is 10. The molecule has 6 heterocycles. The standard InChI is InChI=1S/C29H27F2N9O4S/c1-45(42,43)24-23(17-10-18-5-6-19(11-17)39(18)28(41)26-34-14-35-38-26)37-27-21(13-36-40(27)25(24)32)16-4-9-22(33-12-16)15-2-7-20(8-3-15)44-29(30)31/h2-4,7-9,12-14,17-19,29H,5-6,10-11,32H2,1H3,(H,34,35,38)/t17-,18+,19-. The molecule has 2 bridgehead atoms. The first-order valence-corrected chi connectivity index (χ1v) is 16.0. The van der Waals surface area contributed by atoms with Crippen molar-refractivity contribution in [2.75, 3.05) is 12.0 Å². The molecule has 2 aliphatic rings. The summed E-state index contributed by atoms with van der Waals surface area (Å²) in [6, 6.07) is 9.51. The number of pyridine rings is 1. The largest absolute Gasteiger partial charge is 0.435 e. The highest BCUT2D eigenvalue weighted by atomic mass is 32.2. The zero-order chi connectivity index (χ0) is 31.5. The van der Waals surface area contributed by atoms with Crippen molar-refractivity contribution in [1.29, 1.82) is 0 Å². The molecule has 1 amide bonds. The third-order valence-electron chi connectivity index (χ3n) is 8.46. The number of ether oxygens (including phenoxy) is 1. The van der Waals surface area contributed by atoms with Gasteiger partial charge in [-0.2, -0.15) is 18.4 Å². The summed E-state index contributed by atoms with van der Waals surface area (Å²) in [6.45, 7) is -2.91. The lowest BCUT2D eigenvalue weighted by molar-refractivity contribution is -0.0498. The van der Waals surface area contributed by atoms with E-state index in [4.69, 9.17) is 10.7 Å². The van der Waals surface area contributed by atoms with E-state index in [9.17, 15) is 22.0 Å². The second kappa shape index (κ2) is 10.9. The molecule has 2 saturated heterocycles. The Kier molecular flexibility index (Phi) is 6.95. The highest BCUT2D eigenvalue weighted by Crippen LogP contribution is 2.45. The number of hydrogen-bond donors (Lipinski definition) is 2. The molecule has 0 unspecified atom stereocenters. The Balaban J connectivity index is 1.23. The van der Waals surface area contributed by atoms with Crippen LogP contribution in [0.4, 0.5) is 14.6 Å². The Labute approximate surface area is 255 Å².